The molecule has 0 saturated heterocycles. The lowest BCUT2D eigenvalue weighted by atomic mass is 10.1. The summed E-state index contributed by atoms with van der Waals surface area (Å²) in [5.74, 6) is 1.16. The molecule has 0 spiro atoms. The van der Waals surface area contributed by atoms with E-state index in [2.05, 4.69) is 0 Å². The molecule has 0 amide bonds. The van der Waals surface area contributed by atoms with Gasteiger partial charge in [-0.25, -0.2) is 0 Å². The molecule has 78 valence electrons. The highest BCUT2D eigenvalue weighted by Crippen LogP contribution is 1.97. The van der Waals surface area contributed by atoms with Crippen molar-refractivity contribution in [2.75, 3.05) is 0 Å². The van der Waals surface area contributed by atoms with Crippen molar-refractivity contribution in [1.29, 1.82) is 0 Å². The van der Waals surface area contributed by atoms with Crippen LogP contribution in [0.3, 0.4) is 0 Å². The maximum Gasteiger partial charge on any atom is 0.132 e. The van der Waals surface area contributed by atoms with Crippen LogP contribution in [0.4, 0.5) is 0 Å². The number of hydrogen-bond acceptors (Lipinski definition) is 2. The van der Waals surface area contributed by atoms with Crippen LogP contribution >= 0.6 is 0 Å². The zero-order chi connectivity index (χ0) is 10.9. The van der Waals surface area contributed by atoms with Crippen LogP contribution in [-0.4, -0.2) is 11.6 Å². The average Bonchev–Trinajstić information content (AvgIpc) is 2.01. The summed E-state index contributed by atoms with van der Waals surface area (Å²) in [4.78, 5) is 20.4. The minimum absolute atomic E-state index is 0.287. The van der Waals surface area contributed by atoms with E-state index in [1.54, 1.807) is 6.92 Å². The Hall–Kier alpha value is -0.660. The summed E-state index contributed by atoms with van der Waals surface area (Å²) in [5, 5.41) is 0. The van der Waals surface area contributed by atoms with Crippen LogP contribution in [-0.2, 0) is 9.59 Å². The first-order valence-electron chi connectivity index (χ1n) is 4.95. The van der Waals surface area contributed by atoms with Crippen LogP contribution < -0.4 is 0 Å². The van der Waals surface area contributed by atoms with E-state index in [1.165, 1.54) is 0 Å². The summed E-state index contributed by atoms with van der Waals surface area (Å²) in [6.45, 7) is 9.47. The second kappa shape index (κ2) is 9.43. The molecule has 2 nitrogen and oxygen atoms in total. The fourth-order valence-corrected chi connectivity index (χ4v) is 0.825. The minimum Gasteiger partial charge on any atom is -0.300 e. The fraction of sp³-hybridized carbons (Fsp3) is 0.818. The van der Waals surface area contributed by atoms with E-state index in [4.69, 9.17) is 0 Å². The molecule has 0 bridgehead atoms. The summed E-state index contributed by atoms with van der Waals surface area (Å²) in [6.07, 6.45) is 2.10. The maximum atomic E-state index is 10.3. The van der Waals surface area contributed by atoms with Gasteiger partial charge in [-0.1, -0.05) is 27.7 Å². The van der Waals surface area contributed by atoms with Gasteiger partial charge in [-0.05, 0) is 12.8 Å². The summed E-state index contributed by atoms with van der Waals surface area (Å²) in [7, 11) is 0. The molecule has 0 radical (unpaired) electrons. The van der Waals surface area contributed by atoms with Crippen LogP contribution in [0.25, 0.3) is 0 Å². The van der Waals surface area contributed by atoms with Crippen molar-refractivity contribution >= 4 is 11.6 Å². The number of carbonyl (C=O) groups is 2. The zero-order valence-corrected chi connectivity index (χ0v) is 9.52. The second-order valence-corrected chi connectivity index (χ2v) is 3.55. The van der Waals surface area contributed by atoms with E-state index in [0.717, 1.165) is 6.42 Å². The van der Waals surface area contributed by atoms with Crippen LogP contribution in [0.5, 0.6) is 0 Å². The Kier molecular flexibility index (Phi) is 10.8. The quantitative estimate of drug-likeness (QED) is 0.676. The third-order valence-electron chi connectivity index (χ3n) is 1.48. The Balaban J connectivity index is 0. The maximum absolute atomic E-state index is 10.3. The van der Waals surface area contributed by atoms with Gasteiger partial charge in [-0.3, -0.25) is 4.79 Å². The minimum atomic E-state index is 0.287. The second-order valence-electron chi connectivity index (χ2n) is 3.55. The number of hydrogen-bond donors (Lipinski definition) is 0. The molecule has 0 aromatic heterocycles. The smallest absolute Gasteiger partial charge is 0.132 e. The van der Waals surface area contributed by atoms with Crippen molar-refractivity contribution < 1.29 is 9.59 Å². The molecule has 13 heavy (non-hydrogen) atoms. The molecule has 2 heteroatoms. The Morgan fingerprint density at radius 3 is 1.46 bits per heavy atom. The molecule has 0 rings (SSSR count). The lowest BCUT2D eigenvalue weighted by molar-refractivity contribution is -0.118. The van der Waals surface area contributed by atoms with Gasteiger partial charge in [-0.15, -0.1) is 0 Å². The molecular formula is C11H22O2. The molecule has 0 atom stereocenters. The zero-order valence-electron chi connectivity index (χ0n) is 9.52. The molecule has 0 fully saturated rings. The molecule has 0 heterocycles. The Morgan fingerprint density at radius 2 is 1.46 bits per heavy atom. The first kappa shape index (κ1) is 14.8. The van der Waals surface area contributed by atoms with Crippen LogP contribution in [0, 0.1) is 5.92 Å². The van der Waals surface area contributed by atoms with Crippen LogP contribution in [0.15, 0.2) is 0 Å². The third-order valence-corrected chi connectivity index (χ3v) is 1.48. The third kappa shape index (κ3) is 18.4. The predicted molar refractivity (Wildman–Crippen MR) is 55.7 cm³/mol. The van der Waals surface area contributed by atoms with Gasteiger partial charge in [0.2, 0.25) is 0 Å². The van der Waals surface area contributed by atoms with E-state index in [0.29, 0.717) is 24.5 Å². The highest BCUT2D eigenvalue weighted by Gasteiger charge is 1.95. The van der Waals surface area contributed by atoms with Crippen molar-refractivity contribution in [3.63, 3.8) is 0 Å². The molecule has 0 aliphatic rings. The van der Waals surface area contributed by atoms with Gasteiger partial charge in [0.25, 0.3) is 0 Å². The molecule has 0 aromatic rings. The number of ketones is 2. The number of rotatable bonds is 4. The fourth-order valence-electron chi connectivity index (χ4n) is 0.825. The van der Waals surface area contributed by atoms with Crippen molar-refractivity contribution in [3.05, 3.63) is 0 Å². The summed E-state index contributed by atoms with van der Waals surface area (Å²) >= 11 is 0. The highest BCUT2D eigenvalue weighted by molar-refractivity contribution is 5.77. The van der Waals surface area contributed by atoms with Gasteiger partial charge in [-0.2, -0.15) is 0 Å². The van der Waals surface area contributed by atoms with Crippen molar-refractivity contribution in [2.45, 2.75) is 53.9 Å². The summed E-state index contributed by atoms with van der Waals surface area (Å²) in [5.41, 5.74) is 0. The largest absolute Gasteiger partial charge is 0.300 e. The average molecular weight is 186 g/mol. The van der Waals surface area contributed by atoms with E-state index >= 15 is 0 Å². The van der Waals surface area contributed by atoms with Crippen LogP contribution in [0.1, 0.15) is 53.9 Å². The number of Topliss-reactive ketones (excluding diaryl/α,β-unsaturated/α-hetero) is 2. The molecule has 0 N–H and O–H groups in total. The van der Waals surface area contributed by atoms with Gasteiger partial charge in [0.05, 0.1) is 0 Å². The Bertz CT molecular complexity index is 142. The Labute approximate surface area is 81.7 Å². The van der Waals surface area contributed by atoms with Gasteiger partial charge < -0.3 is 4.79 Å². The molecule has 0 aromatic carbocycles. The molecule has 0 aliphatic heterocycles. The molecule has 0 aliphatic carbocycles. The van der Waals surface area contributed by atoms with E-state index in [-0.39, 0.29) is 5.78 Å². The number of carbonyl (C=O) groups excluding carboxylic acids is 2. The SMILES string of the molecule is CC(=O)CC(C)C.CCC(=O)CC. The van der Waals surface area contributed by atoms with E-state index in [9.17, 15) is 9.59 Å². The highest BCUT2D eigenvalue weighted by atomic mass is 16.1. The van der Waals surface area contributed by atoms with Crippen molar-refractivity contribution in [3.8, 4) is 0 Å². The molecule has 0 unspecified atom stereocenters. The normalized spacial score (nSPS) is 9.08. The molecule has 0 saturated carbocycles. The standard InChI is InChI=1S/C6H12O.C5H10O/c1-5(2)4-6(3)7;1-3-5(6)4-2/h5H,4H2,1-3H3;3-4H2,1-2H3. The monoisotopic (exact) mass is 186 g/mol. The summed E-state index contributed by atoms with van der Waals surface area (Å²) in [6, 6.07) is 0. The first-order chi connectivity index (χ1) is 5.93. The van der Waals surface area contributed by atoms with Crippen LogP contribution in [0.2, 0.25) is 0 Å². The molecular weight excluding hydrogens is 164 g/mol. The van der Waals surface area contributed by atoms with Gasteiger partial charge >= 0.3 is 0 Å². The van der Waals surface area contributed by atoms with Gasteiger partial charge in [0.1, 0.15) is 11.6 Å². The first-order valence-corrected chi connectivity index (χ1v) is 4.95. The summed E-state index contributed by atoms with van der Waals surface area (Å²) < 4.78 is 0. The lowest BCUT2D eigenvalue weighted by Crippen LogP contribution is -1.95. The van der Waals surface area contributed by atoms with Gasteiger partial charge in [0, 0.05) is 19.3 Å². The topological polar surface area (TPSA) is 34.1 Å². The van der Waals surface area contributed by atoms with Crippen molar-refractivity contribution in [2.24, 2.45) is 5.92 Å². The Morgan fingerprint density at radius 1 is 1.08 bits per heavy atom. The van der Waals surface area contributed by atoms with E-state index in [1.807, 2.05) is 27.7 Å². The predicted octanol–water partition coefficient (Wildman–Crippen LogP) is 3.00. The lowest BCUT2D eigenvalue weighted by Gasteiger charge is -1.95. The van der Waals surface area contributed by atoms with Gasteiger partial charge in [0.15, 0.2) is 0 Å². The van der Waals surface area contributed by atoms with E-state index < -0.39 is 0 Å². The van der Waals surface area contributed by atoms with Crippen molar-refractivity contribution in [1.82, 2.24) is 0 Å².